The second-order valence-electron chi connectivity index (χ2n) is 3.49. The lowest BCUT2D eigenvalue weighted by Crippen LogP contribution is -2.28. The maximum Gasteiger partial charge on any atom is 0.192 e. The van der Waals surface area contributed by atoms with Crippen LogP contribution in [-0.2, 0) is 12.2 Å². The van der Waals surface area contributed by atoms with Gasteiger partial charge in [-0.1, -0.05) is 31.2 Å². The normalized spacial score (nSPS) is 25.4. The van der Waals surface area contributed by atoms with Gasteiger partial charge in [-0.05, 0) is 12.0 Å². The van der Waals surface area contributed by atoms with Crippen LogP contribution in [0.25, 0.3) is 0 Å². The monoisotopic (exact) mass is 164 g/mol. The molecular formula is C10H12O2. The van der Waals surface area contributed by atoms with Gasteiger partial charge in [-0.15, -0.1) is 0 Å². The lowest BCUT2D eigenvalue weighted by molar-refractivity contribution is -0.196. The minimum absolute atomic E-state index is 0.102. The third kappa shape index (κ3) is 0.886. The Morgan fingerprint density at radius 3 is 2.67 bits per heavy atom. The van der Waals surface area contributed by atoms with E-state index in [9.17, 15) is 10.2 Å². The molecule has 0 saturated heterocycles. The Kier molecular flexibility index (Phi) is 1.50. The average Bonchev–Trinajstić information content (AvgIpc) is 2.25. The van der Waals surface area contributed by atoms with E-state index in [0.717, 1.165) is 12.0 Å². The van der Waals surface area contributed by atoms with E-state index >= 15 is 0 Å². The zero-order valence-electron chi connectivity index (χ0n) is 6.99. The van der Waals surface area contributed by atoms with Gasteiger partial charge in [0.15, 0.2) is 5.79 Å². The van der Waals surface area contributed by atoms with E-state index < -0.39 is 5.79 Å². The molecule has 1 atom stereocenters. The summed E-state index contributed by atoms with van der Waals surface area (Å²) in [5.41, 5.74) is 1.72. The van der Waals surface area contributed by atoms with E-state index in [1.807, 2.05) is 25.1 Å². The van der Waals surface area contributed by atoms with Crippen LogP contribution in [0.2, 0.25) is 0 Å². The molecular weight excluding hydrogens is 152 g/mol. The van der Waals surface area contributed by atoms with Gasteiger partial charge < -0.3 is 10.2 Å². The van der Waals surface area contributed by atoms with Crippen LogP contribution >= 0.6 is 0 Å². The van der Waals surface area contributed by atoms with Crippen LogP contribution < -0.4 is 0 Å². The van der Waals surface area contributed by atoms with Gasteiger partial charge in [0.1, 0.15) is 0 Å². The van der Waals surface area contributed by atoms with Crippen LogP contribution in [0.5, 0.6) is 0 Å². The fourth-order valence-corrected chi connectivity index (χ4v) is 1.79. The smallest absolute Gasteiger partial charge is 0.192 e. The second-order valence-corrected chi connectivity index (χ2v) is 3.49. The first-order valence-electron chi connectivity index (χ1n) is 4.15. The van der Waals surface area contributed by atoms with Crippen LogP contribution in [0.15, 0.2) is 24.3 Å². The Hall–Kier alpha value is -0.860. The summed E-state index contributed by atoms with van der Waals surface area (Å²) in [5.74, 6) is -1.72. The van der Waals surface area contributed by atoms with Crippen molar-refractivity contribution in [2.75, 3.05) is 0 Å². The summed E-state index contributed by atoms with van der Waals surface area (Å²) in [5, 5.41) is 19.3. The molecule has 2 rings (SSSR count). The van der Waals surface area contributed by atoms with Crippen molar-refractivity contribution in [2.45, 2.75) is 19.1 Å². The predicted molar refractivity (Wildman–Crippen MR) is 45.4 cm³/mol. The first kappa shape index (κ1) is 7.77. The maximum atomic E-state index is 9.67. The molecule has 0 aromatic heterocycles. The third-order valence-electron chi connectivity index (χ3n) is 2.63. The lowest BCUT2D eigenvalue weighted by Gasteiger charge is -2.21. The minimum Gasteiger partial charge on any atom is -0.362 e. The van der Waals surface area contributed by atoms with Crippen molar-refractivity contribution in [3.63, 3.8) is 0 Å². The second kappa shape index (κ2) is 2.31. The fraction of sp³-hybridized carbons (Fsp3) is 0.400. The topological polar surface area (TPSA) is 40.5 Å². The number of hydrogen-bond acceptors (Lipinski definition) is 2. The predicted octanol–water partition coefficient (Wildman–Crippen LogP) is 1.02. The highest BCUT2D eigenvalue weighted by molar-refractivity contribution is 5.36. The zero-order valence-corrected chi connectivity index (χ0v) is 6.99. The molecule has 2 N–H and O–H groups in total. The van der Waals surface area contributed by atoms with Gasteiger partial charge in [0.05, 0.1) is 0 Å². The number of fused-ring (bicyclic) bond motifs is 1. The third-order valence-corrected chi connectivity index (χ3v) is 2.63. The van der Waals surface area contributed by atoms with Crippen molar-refractivity contribution in [3.8, 4) is 0 Å². The van der Waals surface area contributed by atoms with Gasteiger partial charge >= 0.3 is 0 Å². The summed E-state index contributed by atoms with van der Waals surface area (Å²) in [6, 6.07) is 7.48. The largest absolute Gasteiger partial charge is 0.362 e. The van der Waals surface area contributed by atoms with Gasteiger partial charge in [0.25, 0.3) is 0 Å². The zero-order chi connectivity index (χ0) is 8.77. The number of rotatable bonds is 0. The van der Waals surface area contributed by atoms with Gasteiger partial charge in [-0.3, -0.25) is 0 Å². The summed E-state index contributed by atoms with van der Waals surface area (Å²) in [4.78, 5) is 0. The van der Waals surface area contributed by atoms with Crippen LogP contribution in [0.4, 0.5) is 0 Å². The minimum atomic E-state index is -1.61. The Morgan fingerprint density at radius 2 is 2.00 bits per heavy atom. The molecule has 0 heterocycles. The Bertz CT molecular complexity index is 304. The first-order chi connectivity index (χ1) is 5.62. The Labute approximate surface area is 71.5 Å². The number of benzene rings is 1. The quantitative estimate of drug-likeness (QED) is 0.562. The molecule has 1 aromatic rings. The van der Waals surface area contributed by atoms with E-state index in [0.29, 0.717) is 5.56 Å². The molecule has 0 aliphatic heterocycles. The Balaban J connectivity index is 2.55. The number of aliphatic hydroxyl groups is 2. The molecule has 1 aliphatic carbocycles. The molecule has 1 aliphatic rings. The Morgan fingerprint density at radius 1 is 1.33 bits per heavy atom. The van der Waals surface area contributed by atoms with Crippen molar-refractivity contribution in [2.24, 2.45) is 5.92 Å². The molecule has 64 valence electrons. The van der Waals surface area contributed by atoms with Gasteiger partial charge in [0.2, 0.25) is 0 Å². The van der Waals surface area contributed by atoms with Crippen LogP contribution in [0.1, 0.15) is 18.1 Å². The molecule has 0 saturated carbocycles. The van der Waals surface area contributed by atoms with E-state index in [1.165, 1.54) is 0 Å². The molecule has 0 radical (unpaired) electrons. The molecule has 2 nitrogen and oxygen atoms in total. The molecule has 0 bridgehead atoms. The van der Waals surface area contributed by atoms with Gasteiger partial charge in [0, 0.05) is 11.5 Å². The average molecular weight is 164 g/mol. The molecule has 0 amide bonds. The molecule has 2 heteroatoms. The highest BCUT2D eigenvalue weighted by Gasteiger charge is 2.40. The highest BCUT2D eigenvalue weighted by Crippen LogP contribution is 2.38. The van der Waals surface area contributed by atoms with Crippen molar-refractivity contribution in [1.29, 1.82) is 0 Å². The van der Waals surface area contributed by atoms with Gasteiger partial charge in [-0.25, -0.2) is 0 Å². The molecule has 0 spiro atoms. The summed E-state index contributed by atoms with van der Waals surface area (Å²) >= 11 is 0. The van der Waals surface area contributed by atoms with E-state index in [4.69, 9.17) is 0 Å². The summed E-state index contributed by atoms with van der Waals surface area (Å²) in [6.45, 7) is 1.85. The van der Waals surface area contributed by atoms with E-state index in [1.54, 1.807) is 6.07 Å². The first-order valence-corrected chi connectivity index (χ1v) is 4.15. The lowest BCUT2D eigenvalue weighted by atomic mass is 10.0. The van der Waals surface area contributed by atoms with Crippen molar-refractivity contribution in [3.05, 3.63) is 35.4 Å². The van der Waals surface area contributed by atoms with Gasteiger partial charge in [-0.2, -0.15) is 0 Å². The summed E-state index contributed by atoms with van der Waals surface area (Å²) in [7, 11) is 0. The highest BCUT2D eigenvalue weighted by atomic mass is 16.5. The van der Waals surface area contributed by atoms with Crippen molar-refractivity contribution >= 4 is 0 Å². The van der Waals surface area contributed by atoms with E-state index in [-0.39, 0.29) is 5.92 Å². The standard InChI is InChI=1S/C10H12O2/c1-7-6-8-4-2-3-5-9(8)10(7,11)12/h2-5,7,11-12H,6H2,1H3. The van der Waals surface area contributed by atoms with Crippen molar-refractivity contribution in [1.82, 2.24) is 0 Å². The molecule has 1 aromatic carbocycles. The molecule has 1 unspecified atom stereocenters. The van der Waals surface area contributed by atoms with Crippen molar-refractivity contribution < 1.29 is 10.2 Å². The van der Waals surface area contributed by atoms with E-state index in [2.05, 4.69) is 0 Å². The fourth-order valence-electron chi connectivity index (χ4n) is 1.79. The van der Waals surface area contributed by atoms with Crippen LogP contribution in [0, 0.1) is 5.92 Å². The maximum absolute atomic E-state index is 9.67. The number of hydrogen-bond donors (Lipinski definition) is 2. The van der Waals surface area contributed by atoms with Crippen LogP contribution in [0.3, 0.4) is 0 Å². The summed E-state index contributed by atoms with van der Waals surface area (Å²) in [6.07, 6.45) is 0.753. The molecule has 0 fully saturated rings. The SMILES string of the molecule is CC1Cc2ccccc2C1(O)O. The summed E-state index contributed by atoms with van der Waals surface area (Å²) < 4.78 is 0. The molecule has 12 heavy (non-hydrogen) atoms. The van der Waals surface area contributed by atoms with Crippen LogP contribution in [-0.4, -0.2) is 10.2 Å².